The third-order valence-corrected chi connectivity index (χ3v) is 7.07. The van der Waals surface area contributed by atoms with Gasteiger partial charge in [-0.3, -0.25) is 4.79 Å². The fraction of sp³-hybridized carbons (Fsp3) is 0.441. The maximum Gasteiger partial charge on any atom is 0.251 e. The molecule has 6 heteroatoms. The highest BCUT2D eigenvalue weighted by Gasteiger charge is 2.20. The van der Waals surface area contributed by atoms with Gasteiger partial charge in [-0.05, 0) is 42.3 Å². The van der Waals surface area contributed by atoms with Crippen LogP contribution < -0.4 is 14.8 Å². The van der Waals surface area contributed by atoms with Crippen molar-refractivity contribution in [3.05, 3.63) is 72.0 Å². The van der Waals surface area contributed by atoms with Crippen LogP contribution >= 0.6 is 0 Å². The molecule has 40 heavy (non-hydrogen) atoms. The van der Waals surface area contributed by atoms with E-state index in [1.165, 1.54) is 57.4 Å². The Balaban J connectivity index is 1.76. The Kier molecular flexibility index (Phi) is 13.5. The van der Waals surface area contributed by atoms with Crippen molar-refractivity contribution in [2.75, 3.05) is 26.9 Å². The third-order valence-electron chi connectivity index (χ3n) is 7.07. The van der Waals surface area contributed by atoms with Crippen molar-refractivity contribution < 1.29 is 23.8 Å². The molecule has 0 saturated heterocycles. The molecule has 0 aliphatic heterocycles. The van der Waals surface area contributed by atoms with E-state index in [0.717, 1.165) is 18.4 Å². The van der Waals surface area contributed by atoms with Gasteiger partial charge >= 0.3 is 0 Å². The lowest BCUT2D eigenvalue weighted by molar-refractivity contribution is 0.0953. The van der Waals surface area contributed by atoms with Gasteiger partial charge < -0.3 is 19.9 Å². The number of halogens is 1. The minimum atomic E-state index is -0.417. The Morgan fingerprint density at radius 3 is 2.08 bits per heavy atom. The maximum absolute atomic E-state index is 15.0. The van der Waals surface area contributed by atoms with Crippen LogP contribution in [0.25, 0.3) is 22.3 Å². The monoisotopic (exact) mass is 549 g/mol. The average molecular weight is 550 g/mol. The largest absolute Gasteiger partial charge is 0.497 e. The summed E-state index contributed by atoms with van der Waals surface area (Å²) in [6.45, 7) is 2.67. The molecular weight excluding hydrogens is 505 g/mol. The lowest BCUT2D eigenvalue weighted by Crippen LogP contribution is -2.24. The second kappa shape index (κ2) is 17.3. The number of ether oxygens (including phenoxy) is 2. The maximum atomic E-state index is 15.0. The molecule has 0 aliphatic rings. The van der Waals surface area contributed by atoms with Gasteiger partial charge in [0.25, 0.3) is 5.91 Å². The Morgan fingerprint density at radius 2 is 1.45 bits per heavy atom. The zero-order valence-corrected chi connectivity index (χ0v) is 24.0. The van der Waals surface area contributed by atoms with Gasteiger partial charge in [0.05, 0.1) is 13.7 Å². The van der Waals surface area contributed by atoms with E-state index in [1.807, 2.05) is 24.3 Å². The van der Waals surface area contributed by atoms with Crippen molar-refractivity contribution in [3.63, 3.8) is 0 Å². The third kappa shape index (κ3) is 9.37. The molecule has 0 atom stereocenters. The van der Waals surface area contributed by atoms with Crippen LogP contribution in [0.4, 0.5) is 4.39 Å². The van der Waals surface area contributed by atoms with Gasteiger partial charge in [0.15, 0.2) is 0 Å². The summed E-state index contributed by atoms with van der Waals surface area (Å²) in [6, 6.07) is 17.3. The number of aliphatic hydroxyl groups excluding tert-OH is 1. The van der Waals surface area contributed by atoms with Gasteiger partial charge in [-0.25, -0.2) is 4.39 Å². The molecule has 0 unspecified atom stereocenters. The molecular formula is C34H44FNO4. The zero-order chi connectivity index (χ0) is 28.6. The summed E-state index contributed by atoms with van der Waals surface area (Å²) in [5.41, 5.74) is 2.64. The normalized spacial score (nSPS) is 10.9. The molecule has 216 valence electrons. The lowest BCUT2D eigenvalue weighted by Gasteiger charge is -2.19. The zero-order valence-electron chi connectivity index (χ0n) is 24.0. The number of carbonyl (C=O) groups excluding carboxylic acids is 1. The lowest BCUT2D eigenvalue weighted by atomic mass is 9.93. The van der Waals surface area contributed by atoms with Crippen LogP contribution in [0.2, 0.25) is 0 Å². The minimum absolute atomic E-state index is 0.0366. The van der Waals surface area contributed by atoms with E-state index in [4.69, 9.17) is 9.47 Å². The fourth-order valence-electron chi connectivity index (χ4n) is 4.84. The number of benzene rings is 3. The van der Waals surface area contributed by atoms with E-state index in [1.54, 1.807) is 37.4 Å². The van der Waals surface area contributed by atoms with E-state index in [9.17, 15) is 14.3 Å². The Bertz CT molecular complexity index is 1180. The number of amides is 1. The van der Waals surface area contributed by atoms with E-state index < -0.39 is 5.82 Å². The molecule has 3 aromatic rings. The predicted octanol–water partition coefficient (Wildman–Crippen LogP) is 8.19. The number of rotatable bonds is 18. The molecule has 3 rings (SSSR count). The van der Waals surface area contributed by atoms with Gasteiger partial charge in [-0.1, -0.05) is 95.0 Å². The SMILES string of the molecule is CCCCCCCCCCCCNC(=O)c1cc(-c2ccc(OC)cc2)c(OCCO)c(-c2ccccc2F)c1. The van der Waals surface area contributed by atoms with Crippen LogP contribution in [0.15, 0.2) is 60.7 Å². The highest BCUT2D eigenvalue weighted by molar-refractivity contribution is 5.99. The van der Waals surface area contributed by atoms with Crippen molar-refractivity contribution in [2.45, 2.75) is 71.1 Å². The van der Waals surface area contributed by atoms with Crippen molar-refractivity contribution in [2.24, 2.45) is 0 Å². The number of nitrogens with one attached hydrogen (secondary N) is 1. The van der Waals surface area contributed by atoms with Gasteiger partial charge in [0.2, 0.25) is 0 Å². The van der Waals surface area contributed by atoms with Crippen molar-refractivity contribution in [1.82, 2.24) is 5.32 Å². The van der Waals surface area contributed by atoms with Crippen LogP contribution in [0.3, 0.4) is 0 Å². The van der Waals surface area contributed by atoms with E-state index in [0.29, 0.717) is 40.3 Å². The first kappa shape index (κ1) is 31.2. The van der Waals surface area contributed by atoms with Crippen molar-refractivity contribution >= 4 is 5.91 Å². The molecule has 0 aromatic heterocycles. The number of methoxy groups -OCH3 is 1. The van der Waals surface area contributed by atoms with Gasteiger partial charge in [0, 0.05) is 28.8 Å². The summed E-state index contributed by atoms with van der Waals surface area (Å²) in [5, 5.41) is 12.5. The summed E-state index contributed by atoms with van der Waals surface area (Å²) >= 11 is 0. The topological polar surface area (TPSA) is 67.8 Å². The number of aliphatic hydroxyl groups is 1. The molecule has 0 saturated carbocycles. The van der Waals surface area contributed by atoms with Gasteiger partial charge in [0.1, 0.15) is 23.9 Å². The molecule has 0 heterocycles. The Hall–Kier alpha value is -3.38. The van der Waals surface area contributed by atoms with Crippen LogP contribution in [-0.4, -0.2) is 37.9 Å². The highest BCUT2D eigenvalue weighted by Crippen LogP contribution is 2.41. The summed E-state index contributed by atoms with van der Waals surface area (Å²) in [4.78, 5) is 13.3. The number of hydrogen-bond acceptors (Lipinski definition) is 4. The predicted molar refractivity (Wildman–Crippen MR) is 161 cm³/mol. The summed E-state index contributed by atoms with van der Waals surface area (Å²) in [5.74, 6) is 0.480. The minimum Gasteiger partial charge on any atom is -0.497 e. The summed E-state index contributed by atoms with van der Waals surface area (Å²) in [6.07, 6.45) is 12.3. The van der Waals surface area contributed by atoms with Crippen molar-refractivity contribution in [3.8, 4) is 33.8 Å². The first-order valence-corrected chi connectivity index (χ1v) is 14.7. The van der Waals surface area contributed by atoms with Crippen molar-refractivity contribution in [1.29, 1.82) is 0 Å². The number of hydrogen-bond donors (Lipinski definition) is 2. The molecule has 0 spiro atoms. The molecule has 1 amide bonds. The fourth-order valence-corrected chi connectivity index (χ4v) is 4.84. The van der Waals surface area contributed by atoms with Crippen LogP contribution in [-0.2, 0) is 0 Å². The van der Waals surface area contributed by atoms with Gasteiger partial charge in [-0.15, -0.1) is 0 Å². The second-order valence-corrected chi connectivity index (χ2v) is 10.1. The highest BCUT2D eigenvalue weighted by atomic mass is 19.1. The Labute approximate surface area is 238 Å². The Morgan fingerprint density at radius 1 is 0.825 bits per heavy atom. The smallest absolute Gasteiger partial charge is 0.251 e. The summed E-state index contributed by atoms with van der Waals surface area (Å²) < 4.78 is 26.2. The van der Waals surface area contributed by atoms with Crippen LogP contribution in [0.5, 0.6) is 11.5 Å². The van der Waals surface area contributed by atoms with Gasteiger partial charge in [-0.2, -0.15) is 0 Å². The summed E-state index contributed by atoms with van der Waals surface area (Å²) in [7, 11) is 1.60. The molecule has 5 nitrogen and oxygen atoms in total. The number of unbranched alkanes of at least 4 members (excludes halogenated alkanes) is 9. The molecule has 0 fully saturated rings. The molecule has 0 bridgehead atoms. The van der Waals surface area contributed by atoms with E-state index in [2.05, 4.69) is 12.2 Å². The number of carbonyl (C=O) groups is 1. The average Bonchev–Trinajstić information content (AvgIpc) is 2.98. The van der Waals surface area contributed by atoms with Crippen LogP contribution in [0, 0.1) is 5.82 Å². The molecule has 2 N–H and O–H groups in total. The molecule has 0 radical (unpaired) electrons. The first-order chi connectivity index (χ1) is 19.6. The van der Waals surface area contributed by atoms with Crippen LogP contribution in [0.1, 0.15) is 81.5 Å². The molecule has 3 aromatic carbocycles. The first-order valence-electron chi connectivity index (χ1n) is 14.7. The standard InChI is InChI=1S/C34H44FNO4/c1-3-4-5-6-7-8-9-10-11-14-21-36-34(38)27-24-30(26-17-19-28(39-2)20-18-26)33(40-23-22-37)31(25-27)29-15-12-13-16-32(29)35/h12-13,15-20,24-25,37H,3-11,14,21-23H2,1-2H3,(H,36,38). The van der Waals surface area contributed by atoms with E-state index >= 15 is 0 Å². The quantitative estimate of drug-likeness (QED) is 0.157. The van der Waals surface area contributed by atoms with E-state index in [-0.39, 0.29) is 19.1 Å². The second-order valence-electron chi connectivity index (χ2n) is 10.1. The molecule has 0 aliphatic carbocycles.